The largest absolute Gasteiger partial charge is 0.486 e. The molecule has 98 valence electrons. The van der Waals surface area contributed by atoms with Crippen LogP contribution in [0.1, 0.15) is 11.3 Å². The van der Waals surface area contributed by atoms with Crippen LogP contribution in [0.25, 0.3) is 11.1 Å². The van der Waals surface area contributed by atoms with Gasteiger partial charge in [0.15, 0.2) is 11.5 Å². The van der Waals surface area contributed by atoms with Crippen LogP contribution in [0.4, 0.5) is 0 Å². The molecule has 0 aliphatic carbocycles. The number of hydrogen-bond donors (Lipinski definition) is 1. The van der Waals surface area contributed by atoms with Gasteiger partial charge in [0.2, 0.25) is 0 Å². The smallest absolute Gasteiger partial charge is 0.161 e. The minimum atomic E-state index is -0.0514. The molecule has 4 nitrogen and oxygen atoms in total. The van der Waals surface area contributed by atoms with E-state index in [1.54, 1.807) is 6.20 Å². The fourth-order valence-electron chi connectivity index (χ4n) is 2.26. The van der Waals surface area contributed by atoms with E-state index < -0.39 is 0 Å². The summed E-state index contributed by atoms with van der Waals surface area (Å²) in [5, 5.41) is 9.27. The number of hydrogen-bond acceptors (Lipinski definition) is 4. The molecule has 0 saturated carbocycles. The first-order valence-corrected chi connectivity index (χ1v) is 6.25. The van der Waals surface area contributed by atoms with Crippen LogP contribution in [0.15, 0.2) is 30.5 Å². The molecule has 0 atom stereocenters. The van der Waals surface area contributed by atoms with Gasteiger partial charge < -0.3 is 14.6 Å². The Morgan fingerprint density at radius 1 is 1.16 bits per heavy atom. The molecule has 0 saturated heterocycles. The standard InChI is InChI=1S/C15H15NO3/c1-10-12(4-5-16-13(10)9-17)11-2-3-14-15(8-11)19-7-6-18-14/h2-5,8,17H,6-7,9H2,1H3. The van der Waals surface area contributed by atoms with E-state index in [2.05, 4.69) is 4.98 Å². The number of ether oxygens (including phenoxy) is 2. The summed E-state index contributed by atoms with van der Waals surface area (Å²) in [6, 6.07) is 7.83. The Morgan fingerprint density at radius 2 is 1.95 bits per heavy atom. The van der Waals surface area contributed by atoms with Gasteiger partial charge in [0.1, 0.15) is 13.2 Å². The number of aromatic nitrogens is 1. The summed E-state index contributed by atoms with van der Waals surface area (Å²) in [5.41, 5.74) is 3.78. The van der Waals surface area contributed by atoms with E-state index in [0.717, 1.165) is 28.2 Å². The van der Waals surface area contributed by atoms with Crippen LogP contribution in [-0.4, -0.2) is 23.3 Å². The number of fused-ring (bicyclic) bond motifs is 1. The summed E-state index contributed by atoms with van der Waals surface area (Å²) in [5.74, 6) is 1.55. The molecule has 0 unspecified atom stereocenters. The molecule has 4 heteroatoms. The first kappa shape index (κ1) is 12.0. The van der Waals surface area contributed by atoms with Gasteiger partial charge in [-0.05, 0) is 41.8 Å². The van der Waals surface area contributed by atoms with Crippen LogP contribution >= 0.6 is 0 Å². The second-order valence-electron chi connectivity index (χ2n) is 4.45. The van der Waals surface area contributed by atoms with Crippen molar-refractivity contribution in [2.45, 2.75) is 13.5 Å². The molecular formula is C15H15NO3. The highest BCUT2D eigenvalue weighted by Gasteiger charge is 2.14. The van der Waals surface area contributed by atoms with Crippen LogP contribution in [-0.2, 0) is 6.61 Å². The Morgan fingerprint density at radius 3 is 2.74 bits per heavy atom. The van der Waals surface area contributed by atoms with Gasteiger partial charge in [-0.15, -0.1) is 0 Å². The van der Waals surface area contributed by atoms with Gasteiger partial charge in [0.25, 0.3) is 0 Å². The topological polar surface area (TPSA) is 51.6 Å². The first-order chi connectivity index (χ1) is 9.29. The maximum atomic E-state index is 9.27. The molecule has 1 N–H and O–H groups in total. The lowest BCUT2D eigenvalue weighted by Crippen LogP contribution is -2.15. The highest BCUT2D eigenvalue weighted by molar-refractivity contribution is 5.70. The van der Waals surface area contributed by atoms with E-state index in [0.29, 0.717) is 18.9 Å². The minimum absolute atomic E-state index is 0.0514. The highest BCUT2D eigenvalue weighted by Crippen LogP contribution is 2.35. The maximum Gasteiger partial charge on any atom is 0.161 e. The van der Waals surface area contributed by atoms with Crippen LogP contribution in [0, 0.1) is 6.92 Å². The predicted molar refractivity (Wildman–Crippen MR) is 71.3 cm³/mol. The van der Waals surface area contributed by atoms with Crippen molar-refractivity contribution in [3.8, 4) is 22.6 Å². The van der Waals surface area contributed by atoms with Gasteiger partial charge in [0, 0.05) is 6.20 Å². The molecule has 0 fully saturated rings. The zero-order valence-corrected chi connectivity index (χ0v) is 10.7. The molecule has 0 radical (unpaired) electrons. The van der Waals surface area contributed by atoms with Crippen molar-refractivity contribution in [2.75, 3.05) is 13.2 Å². The molecule has 3 rings (SSSR count). The molecule has 2 heterocycles. The summed E-state index contributed by atoms with van der Waals surface area (Å²) in [7, 11) is 0. The van der Waals surface area contributed by atoms with E-state index in [1.807, 2.05) is 31.2 Å². The normalized spacial score (nSPS) is 13.4. The van der Waals surface area contributed by atoms with E-state index in [-0.39, 0.29) is 6.61 Å². The molecule has 0 spiro atoms. The molecule has 0 amide bonds. The van der Waals surface area contributed by atoms with Crippen molar-refractivity contribution in [3.05, 3.63) is 41.7 Å². The predicted octanol–water partition coefficient (Wildman–Crippen LogP) is 2.32. The van der Waals surface area contributed by atoms with E-state index in [9.17, 15) is 5.11 Å². The van der Waals surface area contributed by atoms with Crippen LogP contribution in [0.5, 0.6) is 11.5 Å². The maximum absolute atomic E-state index is 9.27. The van der Waals surface area contributed by atoms with Gasteiger partial charge in [-0.2, -0.15) is 0 Å². The van der Waals surface area contributed by atoms with Gasteiger partial charge in [0.05, 0.1) is 12.3 Å². The summed E-state index contributed by atoms with van der Waals surface area (Å²) >= 11 is 0. The zero-order chi connectivity index (χ0) is 13.2. The Balaban J connectivity index is 2.07. The number of aliphatic hydroxyl groups excluding tert-OH is 1. The Labute approximate surface area is 111 Å². The average Bonchev–Trinajstić information content (AvgIpc) is 2.47. The average molecular weight is 257 g/mol. The number of rotatable bonds is 2. The molecular weight excluding hydrogens is 242 g/mol. The van der Waals surface area contributed by atoms with Crippen molar-refractivity contribution >= 4 is 0 Å². The number of aliphatic hydroxyl groups is 1. The highest BCUT2D eigenvalue weighted by atomic mass is 16.6. The van der Waals surface area contributed by atoms with Crippen LogP contribution < -0.4 is 9.47 Å². The van der Waals surface area contributed by atoms with E-state index in [1.165, 1.54) is 0 Å². The van der Waals surface area contributed by atoms with Crippen molar-refractivity contribution in [1.82, 2.24) is 4.98 Å². The number of pyridine rings is 1. The van der Waals surface area contributed by atoms with Gasteiger partial charge in [-0.25, -0.2) is 0 Å². The number of benzene rings is 1. The SMILES string of the molecule is Cc1c(-c2ccc3c(c2)OCCO3)ccnc1CO. The lowest BCUT2D eigenvalue weighted by Gasteiger charge is -2.19. The van der Waals surface area contributed by atoms with E-state index >= 15 is 0 Å². The third-order valence-corrected chi connectivity index (χ3v) is 3.31. The zero-order valence-electron chi connectivity index (χ0n) is 10.7. The number of nitrogens with zero attached hydrogens (tertiary/aromatic N) is 1. The third-order valence-electron chi connectivity index (χ3n) is 3.31. The van der Waals surface area contributed by atoms with Crippen molar-refractivity contribution < 1.29 is 14.6 Å². The van der Waals surface area contributed by atoms with Gasteiger partial charge >= 0.3 is 0 Å². The second-order valence-corrected chi connectivity index (χ2v) is 4.45. The second kappa shape index (κ2) is 4.90. The molecule has 1 aliphatic heterocycles. The monoisotopic (exact) mass is 257 g/mol. The molecule has 0 bridgehead atoms. The fraction of sp³-hybridized carbons (Fsp3) is 0.267. The van der Waals surface area contributed by atoms with Gasteiger partial charge in [-0.1, -0.05) is 6.07 Å². The summed E-state index contributed by atoms with van der Waals surface area (Å²) in [6.07, 6.45) is 1.71. The lowest BCUT2D eigenvalue weighted by atomic mass is 10.00. The Bertz CT molecular complexity index is 610. The first-order valence-electron chi connectivity index (χ1n) is 6.25. The summed E-state index contributed by atoms with van der Waals surface area (Å²) in [4.78, 5) is 4.16. The Kier molecular flexibility index (Phi) is 3.09. The molecule has 1 aliphatic rings. The van der Waals surface area contributed by atoms with Crippen molar-refractivity contribution in [2.24, 2.45) is 0 Å². The molecule has 1 aromatic heterocycles. The molecule has 1 aromatic carbocycles. The molecule has 19 heavy (non-hydrogen) atoms. The summed E-state index contributed by atoms with van der Waals surface area (Å²) in [6.45, 7) is 3.08. The van der Waals surface area contributed by atoms with Crippen molar-refractivity contribution in [1.29, 1.82) is 0 Å². The van der Waals surface area contributed by atoms with Crippen LogP contribution in [0.2, 0.25) is 0 Å². The van der Waals surface area contributed by atoms with Gasteiger partial charge in [-0.3, -0.25) is 4.98 Å². The van der Waals surface area contributed by atoms with E-state index in [4.69, 9.17) is 9.47 Å². The lowest BCUT2D eigenvalue weighted by molar-refractivity contribution is 0.171. The van der Waals surface area contributed by atoms with Crippen molar-refractivity contribution in [3.63, 3.8) is 0 Å². The quantitative estimate of drug-likeness (QED) is 0.897. The van der Waals surface area contributed by atoms with Crippen LogP contribution in [0.3, 0.4) is 0 Å². The Hall–Kier alpha value is -2.07. The molecule has 2 aromatic rings. The third kappa shape index (κ3) is 2.15. The minimum Gasteiger partial charge on any atom is -0.486 e. The fourth-order valence-corrected chi connectivity index (χ4v) is 2.26. The summed E-state index contributed by atoms with van der Waals surface area (Å²) < 4.78 is 11.1.